The van der Waals surface area contributed by atoms with Gasteiger partial charge >= 0.3 is 0 Å². The number of nitrogens with zero attached hydrogens (tertiary/aromatic N) is 2. The maximum atomic E-state index is 13.2. The second-order valence-corrected chi connectivity index (χ2v) is 5.73. The molecule has 2 heterocycles. The van der Waals surface area contributed by atoms with E-state index < -0.39 is 18.6 Å². The van der Waals surface area contributed by atoms with Crippen molar-refractivity contribution in [1.29, 1.82) is 0 Å². The number of carbonyl (C=O) groups is 1. The van der Waals surface area contributed by atoms with E-state index in [1.54, 1.807) is 0 Å². The molecule has 0 bridgehead atoms. The van der Waals surface area contributed by atoms with Crippen molar-refractivity contribution in [3.05, 3.63) is 66.0 Å². The molecule has 2 aromatic rings. The zero-order valence-electron chi connectivity index (χ0n) is 14.1. The van der Waals surface area contributed by atoms with Crippen LogP contribution in [0.15, 0.2) is 54.9 Å². The van der Waals surface area contributed by atoms with E-state index in [9.17, 15) is 13.6 Å². The second kappa shape index (κ2) is 7.49. The van der Waals surface area contributed by atoms with Gasteiger partial charge in [0, 0.05) is 19.2 Å². The number of halogens is 2. The van der Waals surface area contributed by atoms with Crippen LogP contribution in [0.25, 0.3) is 5.70 Å². The lowest BCUT2D eigenvalue weighted by atomic mass is 10.1. The van der Waals surface area contributed by atoms with Crippen molar-refractivity contribution in [3.8, 4) is 0 Å². The molecule has 0 spiro atoms. The molecule has 1 aromatic heterocycles. The molecule has 8 heteroatoms. The average Bonchev–Trinajstić information content (AvgIpc) is 3.04. The smallest absolute Gasteiger partial charge is 0.280 e. The highest BCUT2D eigenvalue weighted by atomic mass is 19.3. The monoisotopic (exact) mass is 360 g/mol. The molecule has 1 unspecified atom stereocenters. The first-order chi connectivity index (χ1) is 12.5. The Morgan fingerprint density at radius 2 is 2.12 bits per heavy atom. The van der Waals surface area contributed by atoms with E-state index in [-0.39, 0.29) is 22.8 Å². The molecular weight excluding hydrogens is 342 g/mol. The predicted molar refractivity (Wildman–Crippen MR) is 93.7 cm³/mol. The van der Waals surface area contributed by atoms with E-state index in [0.29, 0.717) is 6.42 Å². The number of hydrogen-bond acceptors (Lipinski definition) is 4. The van der Waals surface area contributed by atoms with Crippen LogP contribution in [0.1, 0.15) is 15.9 Å². The van der Waals surface area contributed by atoms with Crippen LogP contribution < -0.4 is 10.6 Å². The molecule has 1 aromatic carbocycles. The van der Waals surface area contributed by atoms with Crippen LogP contribution in [0.5, 0.6) is 0 Å². The van der Waals surface area contributed by atoms with Gasteiger partial charge in [-0.05, 0) is 11.6 Å². The van der Waals surface area contributed by atoms with E-state index in [0.717, 1.165) is 10.2 Å². The van der Waals surface area contributed by atoms with Crippen LogP contribution >= 0.6 is 0 Å². The Balaban J connectivity index is 1.79. The number of fused-ring (bicyclic) bond motifs is 1. The minimum atomic E-state index is -2.74. The summed E-state index contributed by atoms with van der Waals surface area (Å²) in [5, 5.41) is 9.44. The quantitative estimate of drug-likeness (QED) is 0.778. The normalized spacial score (nSPS) is 14.5. The zero-order valence-corrected chi connectivity index (χ0v) is 14.1. The van der Waals surface area contributed by atoms with Gasteiger partial charge in [0.2, 0.25) is 0 Å². The number of methoxy groups -OCH3 is 1. The van der Waals surface area contributed by atoms with E-state index >= 15 is 0 Å². The summed E-state index contributed by atoms with van der Waals surface area (Å²) in [6.07, 6.45) is -0.415. The zero-order chi connectivity index (χ0) is 18.7. The molecule has 0 saturated heterocycles. The number of anilines is 1. The van der Waals surface area contributed by atoms with E-state index in [1.165, 1.54) is 19.4 Å². The molecule has 1 amide bonds. The molecule has 0 saturated carbocycles. The number of aromatic nitrogens is 2. The summed E-state index contributed by atoms with van der Waals surface area (Å²) in [6.45, 7) is 3.64. The average molecular weight is 360 g/mol. The molecule has 1 aliphatic rings. The van der Waals surface area contributed by atoms with Gasteiger partial charge in [-0.3, -0.25) is 4.79 Å². The molecular formula is C18H18F2N4O2. The third-order valence-corrected chi connectivity index (χ3v) is 3.92. The fourth-order valence-corrected chi connectivity index (χ4v) is 2.66. The molecule has 1 atom stereocenters. The van der Waals surface area contributed by atoms with Crippen molar-refractivity contribution in [2.75, 3.05) is 12.4 Å². The molecule has 0 radical (unpaired) electrons. The number of allylic oxidation sites excluding steroid dienone is 2. The van der Waals surface area contributed by atoms with Gasteiger partial charge in [-0.15, -0.1) is 0 Å². The summed E-state index contributed by atoms with van der Waals surface area (Å²) in [5.74, 6) is -0.329. The Hall–Kier alpha value is -3.00. The molecule has 0 fully saturated rings. The number of amides is 1. The number of nitrogens with one attached hydrogen (secondary N) is 2. The second-order valence-electron chi connectivity index (χ2n) is 5.73. The lowest BCUT2D eigenvalue weighted by molar-refractivity contribution is 0.0582. The van der Waals surface area contributed by atoms with Gasteiger partial charge < -0.3 is 15.4 Å². The number of benzene rings is 1. The summed E-state index contributed by atoms with van der Waals surface area (Å²) in [6, 6.07) is 9.53. The topological polar surface area (TPSA) is 68.2 Å². The van der Waals surface area contributed by atoms with Crippen molar-refractivity contribution in [2.24, 2.45) is 0 Å². The summed E-state index contributed by atoms with van der Waals surface area (Å²) < 4.78 is 32.7. The molecule has 2 N–H and O–H groups in total. The van der Waals surface area contributed by atoms with Gasteiger partial charge in [-0.25, -0.2) is 13.5 Å². The number of carbonyl (C=O) groups excluding carboxylic acids is 1. The minimum Gasteiger partial charge on any atom is -0.361 e. The van der Waals surface area contributed by atoms with E-state index in [4.69, 9.17) is 4.74 Å². The Morgan fingerprint density at radius 3 is 2.77 bits per heavy atom. The van der Waals surface area contributed by atoms with Crippen LogP contribution in [0.4, 0.5) is 14.6 Å². The fraction of sp³-hybridized carbons (Fsp3) is 0.222. The standard InChI is InChI=1S/C18H18F2N4O2/c1-11-8-14(16(19)20)24-17(22-11)13(10-21-24)18(25)23-15(26-2)9-12-6-4-3-5-7-12/h3-8,10,15-16,22H,1,9H2,2H3,(H,23,25). The van der Waals surface area contributed by atoms with Gasteiger partial charge in [0.05, 0.1) is 6.20 Å². The van der Waals surface area contributed by atoms with Crippen molar-refractivity contribution in [2.45, 2.75) is 19.1 Å². The number of alkyl halides is 2. The Labute approximate surface area is 149 Å². The molecule has 1 aliphatic heterocycles. The van der Waals surface area contributed by atoms with Gasteiger partial charge in [-0.2, -0.15) is 5.10 Å². The van der Waals surface area contributed by atoms with Crippen LogP contribution in [-0.2, 0) is 11.2 Å². The van der Waals surface area contributed by atoms with E-state index in [1.807, 2.05) is 30.3 Å². The Morgan fingerprint density at radius 1 is 1.38 bits per heavy atom. The molecule has 136 valence electrons. The number of ether oxygens (including phenoxy) is 1. The predicted octanol–water partition coefficient (Wildman–Crippen LogP) is 2.87. The summed E-state index contributed by atoms with van der Waals surface area (Å²) in [7, 11) is 1.49. The highest BCUT2D eigenvalue weighted by Gasteiger charge is 2.27. The first kappa shape index (κ1) is 17.8. The summed E-state index contributed by atoms with van der Waals surface area (Å²) in [4.78, 5) is 12.6. The third-order valence-electron chi connectivity index (χ3n) is 3.92. The van der Waals surface area contributed by atoms with Gasteiger partial charge in [-0.1, -0.05) is 36.9 Å². The molecule has 6 nitrogen and oxygen atoms in total. The molecule has 3 rings (SSSR count). The largest absolute Gasteiger partial charge is 0.361 e. The van der Waals surface area contributed by atoms with Crippen LogP contribution in [0.2, 0.25) is 0 Å². The lowest BCUT2D eigenvalue weighted by Crippen LogP contribution is -2.38. The Bertz CT molecular complexity index is 846. The SMILES string of the molecule is C=C1C=C(C(F)F)n2ncc(C(=O)NC(Cc3ccccc3)OC)c2N1. The van der Waals surface area contributed by atoms with Crippen molar-refractivity contribution >= 4 is 17.4 Å². The maximum absolute atomic E-state index is 13.2. The highest BCUT2D eigenvalue weighted by Crippen LogP contribution is 2.29. The maximum Gasteiger partial charge on any atom is 0.280 e. The number of rotatable bonds is 6. The van der Waals surface area contributed by atoms with Crippen molar-refractivity contribution in [3.63, 3.8) is 0 Å². The lowest BCUT2D eigenvalue weighted by Gasteiger charge is -2.21. The number of hydrogen-bond donors (Lipinski definition) is 2. The van der Waals surface area contributed by atoms with Gasteiger partial charge in [0.1, 0.15) is 23.3 Å². The first-order valence-corrected chi connectivity index (χ1v) is 7.91. The summed E-state index contributed by atoms with van der Waals surface area (Å²) >= 11 is 0. The summed E-state index contributed by atoms with van der Waals surface area (Å²) in [5.41, 5.74) is 1.05. The van der Waals surface area contributed by atoms with Crippen LogP contribution in [0, 0.1) is 0 Å². The van der Waals surface area contributed by atoms with E-state index in [2.05, 4.69) is 22.3 Å². The molecule has 0 aliphatic carbocycles. The third kappa shape index (κ3) is 3.65. The minimum absolute atomic E-state index is 0.132. The van der Waals surface area contributed by atoms with Crippen LogP contribution in [0.3, 0.4) is 0 Å². The fourth-order valence-electron chi connectivity index (χ4n) is 2.66. The Kier molecular flexibility index (Phi) is 5.13. The van der Waals surface area contributed by atoms with Crippen molar-refractivity contribution in [1.82, 2.24) is 15.1 Å². The van der Waals surface area contributed by atoms with Crippen LogP contribution in [-0.4, -0.2) is 35.5 Å². The molecule has 26 heavy (non-hydrogen) atoms. The van der Waals surface area contributed by atoms with Crippen molar-refractivity contribution < 1.29 is 18.3 Å². The van der Waals surface area contributed by atoms with Gasteiger partial charge in [0.15, 0.2) is 0 Å². The first-order valence-electron chi connectivity index (χ1n) is 7.91. The highest BCUT2D eigenvalue weighted by molar-refractivity contribution is 6.00. The van der Waals surface area contributed by atoms with Gasteiger partial charge in [0.25, 0.3) is 12.3 Å².